The minimum Gasteiger partial charge on any atom is -0.278 e. The largest absolute Gasteiger partial charge is 0.278 e. The molecule has 2 aromatic heterocycles. The van der Waals surface area contributed by atoms with Crippen molar-refractivity contribution < 1.29 is 0 Å². The predicted octanol–water partition coefficient (Wildman–Crippen LogP) is 10.3. The van der Waals surface area contributed by atoms with Crippen LogP contribution < -0.4 is 0 Å². The van der Waals surface area contributed by atoms with Gasteiger partial charge in [-0.25, -0.2) is 9.97 Å². The fourth-order valence-electron chi connectivity index (χ4n) is 7.36. The first-order valence-electron chi connectivity index (χ1n) is 14.7. The monoisotopic (exact) mass is 545 g/mol. The molecule has 3 heteroatoms. The first kappa shape index (κ1) is 22.8. The van der Waals surface area contributed by atoms with E-state index in [1.54, 1.807) is 0 Å². The van der Waals surface area contributed by atoms with Gasteiger partial charge in [-0.3, -0.25) is 4.57 Å². The number of aromatic nitrogens is 3. The highest BCUT2D eigenvalue weighted by Crippen LogP contribution is 2.49. The van der Waals surface area contributed by atoms with Crippen LogP contribution in [0.1, 0.15) is 0 Å². The van der Waals surface area contributed by atoms with Crippen molar-refractivity contribution in [3.05, 3.63) is 140 Å². The molecule has 0 aliphatic heterocycles. The summed E-state index contributed by atoms with van der Waals surface area (Å²) in [4.78, 5) is 10.6. The van der Waals surface area contributed by atoms with Gasteiger partial charge >= 0.3 is 0 Å². The third-order valence-corrected chi connectivity index (χ3v) is 9.14. The molecule has 1 aliphatic carbocycles. The number of rotatable bonds is 2. The third kappa shape index (κ3) is 3.03. The van der Waals surface area contributed by atoms with Crippen molar-refractivity contribution in [3.63, 3.8) is 0 Å². The molecule has 0 saturated carbocycles. The topological polar surface area (TPSA) is 30.7 Å². The fourth-order valence-corrected chi connectivity index (χ4v) is 7.36. The number of hydrogen-bond donors (Lipinski definition) is 0. The van der Waals surface area contributed by atoms with Crippen molar-refractivity contribution in [3.8, 4) is 39.5 Å². The van der Waals surface area contributed by atoms with E-state index in [2.05, 4.69) is 144 Å². The molecular weight excluding hydrogens is 522 g/mol. The van der Waals surface area contributed by atoms with E-state index in [4.69, 9.17) is 9.97 Å². The predicted molar refractivity (Wildman–Crippen MR) is 179 cm³/mol. The first-order chi connectivity index (χ1) is 21.3. The molecule has 0 spiro atoms. The highest BCUT2D eigenvalue weighted by molar-refractivity contribution is 6.27. The summed E-state index contributed by atoms with van der Waals surface area (Å²) in [7, 11) is 0. The van der Waals surface area contributed by atoms with Gasteiger partial charge in [0, 0.05) is 21.7 Å². The van der Waals surface area contributed by atoms with Gasteiger partial charge < -0.3 is 0 Å². The van der Waals surface area contributed by atoms with Gasteiger partial charge in [0.2, 0.25) is 5.95 Å². The lowest BCUT2D eigenvalue weighted by atomic mass is 9.93. The lowest BCUT2D eigenvalue weighted by molar-refractivity contribution is 1.01. The summed E-state index contributed by atoms with van der Waals surface area (Å²) in [5, 5.41) is 8.51. The molecule has 0 saturated heterocycles. The molecular formula is C40H23N3. The summed E-state index contributed by atoms with van der Waals surface area (Å²) in [5.74, 6) is 0.683. The molecule has 10 rings (SSSR count). The van der Waals surface area contributed by atoms with Crippen molar-refractivity contribution in [1.29, 1.82) is 0 Å². The second-order valence-corrected chi connectivity index (χ2v) is 11.4. The highest BCUT2D eigenvalue weighted by atomic mass is 15.2. The van der Waals surface area contributed by atoms with Gasteiger partial charge in [0.1, 0.15) is 0 Å². The van der Waals surface area contributed by atoms with Gasteiger partial charge in [-0.05, 0) is 62.0 Å². The van der Waals surface area contributed by atoms with Crippen LogP contribution in [0.4, 0.5) is 0 Å². The molecule has 1 aliphatic rings. The molecule has 7 aromatic carbocycles. The molecule has 0 atom stereocenters. The maximum atomic E-state index is 5.40. The van der Waals surface area contributed by atoms with Gasteiger partial charge in [0.05, 0.1) is 22.2 Å². The van der Waals surface area contributed by atoms with E-state index in [0.29, 0.717) is 5.95 Å². The Morgan fingerprint density at radius 3 is 1.58 bits per heavy atom. The Hall–Kier alpha value is -5.80. The van der Waals surface area contributed by atoms with Crippen molar-refractivity contribution in [2.75, 3.05) is 0 Å². The lowest BCUT2D eigenvalue weighted by Gasteiger charge is -2.14. The fraction of sp³-hybridized carbons (Fsp3) is 0. The van der Waals surface area contributed by atoms with Crippen LogP contribution in [0.3, 0.4) is 0 Å². The molecule has 9 aromatic rings. The molecule has 0 unspecified atom stereocenters. The molecule has 0 N–H and O–H groups in total. The smallest absolute Gasteiger partial charge is 0.235 e. The van der Waals surface area contributed by atoms with Gasteiger partial charge in [0.25, 0.3) is 0 Å². The SMILES string of the molecule is c1ccc2c(-c3nc(-n4c5cccc6c5c5c(cccc54)-c4cccc5cccc-6c45)nc4ccccc34)cccc2c1. The number of benzene rings is 7. The minimum atomic E-state index is 0.683. The average Bonchev–Trinajstić information content (AvgIpc) is 3.35. The van der Waals surface area contributed by atoms with Gasteiger partial charge in [-0.2, -0.15) is 0 Å². The molecule has 3 nitrogen and oxygen atoms in total. The number of nitrogens with zero attached hydrogens (tertiary/aromatic N) is 3. The van der Waals surface area contributed by atoms with E-state index in [1.807, 2.05) is 0 Å². The maximum absolute atomic E-state index is 5.40. The van der Waals surface area contributed by atoms with Crippen LogP contribution in [0.15, 0.2) is 140 Å². The van der Waals surface area contributed by atoms with Crippen LogP contribution in [0, 0.1) is 0 Å². The highest BCUT2D eigenvalue weighted by Gasteiger charge is 2.25. The van der Waals surface area contributed by atoms with Crippen LogP contribution in [0.5, 0.6) is 0 Å². The molecule has 0 fully saturated rings. The van der Waals surface area contributed by atoms with Crippen molar-refractivity contribution >= 4 is 54.3 Å². The van der Waals surface area contributed by atoms with Crippen molar-refractivity contribution in [2.45, 2.75) is 0 Å². The Morgan fingerprint density at radius 2 is 0.884 bits per heavy atom. The minimum absolute atomic E-state index is 0.683. The van der Waals surface area contributed by atoms with E-state index in [0.717, 1.165) is 33.2 Å². The second-order valence-electron chi connectivity index (χ2n) is 11.4. The van der Waals surface area contributed by atoms with Crippen LogP contribution >= 0.6 is 0 Å². The number of para-hydroxylation sites is 1. The summed E-state index contributed by atoms with van der Waals surface area (Å²) < 4.78 is 2.27. The van der Waals surface area contributed by atoms with Crippen LogP contribution in [0.25, 0.3) is 93.7 Å². The Kier molecular flexibility index (Phi) is 4.45. The van der Waals surface area contributed by atoms with E-state index < -0.39 is 0 Å². The summed E-state index contributed by atoms with van der Waals surface area (Å²) in [5.41, 5.74) is 10.3. The molecule has 43 heavy (non-hydrogen) atoms. The summed E-state index contributed by atoms with van der Waals surface area (Å²) in [6.45, 7) is 0. The Bertz CT molecular complexity index is 2520. The normalized spacial score (nSPS) is 12.2. The molecule has 0 bridgehead atoms. The zero-order valence-electron chi connectivity index (χ0n) is 23.1. The average molecular weight is 546 g/mol. The van der Waals surface area contributed by atoms with Crippen LogP contribution in [0.2, 0.25) is 0 Å². The zero-order valence-corrected chi connectivity index (χ0v) is 23.1. The van der Waals surface area contributed by atoms with E-state index >= 15 is 0 Å². The van der Waals surface area contributed by atoms with E-state index in [9.17, 15) is 0 Å². The quantitative estimate of drug-likeness (QED) is 0.216. The second kappa shape index (κ2) is 8.37. The molecule has 0 radical (unpaired) electrons. The Morgan fingerprint density at radius 1 is 0.372 bits per heavy atom. The van der Waals surface area contributed by atoms with Gasteiger partial charge in [0.15, 0.2) is 0 Å². The maximum Gasteiger partial charge on any atom is 0.235 e. The lowest BCUT2D eigenvalue weighted by Crippen LogP contribution is -2.03. The van der Waals surface area contributed by atoms with Crippen LogP contribution in [-0.2, 0) is 0 Å². The van der Waals surface area contributed by atoms with Crippen LogP contribution in [-0.4, -0.2) is 14.5 Å². The van der Waals surface area contributed by atoms with Crippen molar-refractivity contribution in [1.82, 2.24) is 14.5 Å². The van der Waals surface area contributed by atoms with Crippen molar-refractivity contribution in [2.24, 2.45) is 0 Å². The summed E-state index contributed by atoms with van der Waals surface area (Å²) >= 11 is 0. The van der Waals surface area contributed by atoms with Gasteiger partial charge in [-0.15, -0.1) is 0 Å². The zero-order chi connectivity index (χ0) is 28.1. The van der Waals surface area contributed by atoms with Gasteiger partial charge in [-0.1, -0.05) is 121 Å². The molecule has 2 heterocycles. The first-order valence-corrected chi connectivity index (χ1v) is 14.7. The number of fused-ring (bicyclic) bond motifs is 4. The molecule has 0 amide bonds. The third-order valence-electron chi connectivity index (χ3n) is 9.14. The standard InChI is InChI=1S/C40H23N3/c1-2-14-26-24(10-1)11-5-20-31(26)39-32-15-3-4-21-33(32)41-40(42-39)43-34-22-8-18-29-27-16-6-12-25-13-7-17-28(36(25)27)30-19-9-23-35(43)38(30)37(29)34/h1-23H. The summed E-state index contributed by atoms with van der Waals surface area (Å²) in [6.07, 6.45) is 0. The Labute approximate surface area is 247 Å². The van der Waals surface area contributed by atoms with E-state index in [1.165, 1.54) is 54.6 Å². The molecule has 198 valence electrons. The summed E-state index contributed by atoms with van der Waals surface area (Å²) in [6, 6.07) is 50.0. The Balaban J connectivity index is 1.36. The van der Waals surface area contributed by atoms with E-state index in [-0.39, 0.29) is 0 Å². The number of hydrogen-bond acceptors (Lipinski definition) is 2.